The summed E-state index contributed by atoms with van der Waals surface area (Å²) in [6.45, 7) is 3.63. The number of aromatic amines is 1. The van der Waals surface area contributed by atoms with Crippen LogP contribution in [0.4, 0.5) is 0 Å². The van der Waals surface area contributed by atoms with Crippen LogP contribution >= 0.6 is 0 Å². The molecule has 0 aliphatic rings. The van der Waals surface area contributed by atoms with E-state index in [2.05, 4.69) is 4.98 Å². The van der Waals surface area contributed by atoms with E-state index in [0.717, 1.165) is 22.2 Å². The molecule has 0 atom stereocenters. The Labute approximate surface area is 110 Å². The van der Waals surface area contributed by atoms with Gasteiger partial charge in [-0.05, 0) is 25.5 Å². The molecule has 0 saturated heterocycles. The van der Waals surface area contributed by atoms with Crippen molar-refractivity contribution < 1.29 is 14.7 Å². The standard InChI is InChI=1S/C14H16N2O3/c1-8-9(2)15-13-10(8)5-4-6-11(13)14(19)16(3)7-12(17)18/h4-6,15H,7H2,1-3H3,(H,17,18). The van der Waals surface area contributed by atoms with E-state index in [1.165, 1.54) is 11.9 Å². The van der Waals surface area contributed by atoms with Gasteiger partial charge in [0, 0.05) is 18.1 Å². The first-order valence-corrected chi connectivity index (χ1v) is 5.97. The third kappa shape index (κ3) is 2.31. The van der Waals surface area contributed by atoms with Gasteiger partial charge in [0.05, 0.1) is 11.1 Å². The molecule has 1 heterocycles. The van der Waals surface area contributed by atoms with Crippen molar-refractivity contribution >= 4 is 22.8 Å². The van der Waals surface area contributed by atoms with E-state index in [4.69, 9.17) is 5.11 Å². The third-order valence-corrected chi connectivity index (χ3v) is 3.29. The average Bonchev–Trinajstić information content (AvgIpc) is 2.64. The van der Waals surface area contributed by atoms with Crippen molar-refractivity contribution in [3.8, 4) is 0 Å². The Balaban J connectivity index is 2.48. The second-order valence-corrected chi connectivity index (χ2v) is 4.66. The summed E-state index contributed by atoms with van der Waals surface area (Å²) in [4.78, 5) is 27.3. The zero-order valence-corrected chi connectivity index (χ0v) is 11.2. The fraction of sp³-hybridized carbons (Fsp3) is 0.286. The third-order valence-electron chi connectivity index (χ3n) is 3.29. The van der Waals surface area contributed by atoms with Gasteiger partial charge in [0.2, 0.25) is 0 Å². The first-order chi connectivity index (χ1) is 8.91. The van der Waals surface area contributed by atoms with Gasteiger partial charge in [-0.1, -0.05) is 12.1 Å². The zero-order chi connectivity index (χ0) is 14.2. The number of H-pyrrole nitrogens is 1. The number of hydrogen-bond acceptors (Lipinski definition) is 2. The number of likely N-dealkylation sites (N-methyl/N-ethyl adjacent to an activating group) is 1. The van der Waals surface area contributed by atoms with E-state index < -0.39 is 5.97 Å². The molecule has 0 radical (unpaired) electrons. The number of fused-ring (bicyclic) bond motifs is 1. The number of amides is 1. The van der Waals surface area contributed by atoms with Crippen LogP contribution in [0.2, 0.25) is 0 Å². The van der Waals surface area contributed by atoms with Crippen molar-refractivity contribution in [2.75, 3.05) is 13.6 Å². The number of rotatable bonds is 3. The molecule has 0 fully saturated rings. The molecule has 19 heavy (non-hydrogen) atoms. The maximum absolute atomic E-state index is 12.3. The minimum absolute atomic E-state index is 0.297. The van der Waals surface area contributed by atoms with Gasteiger partial charge in [0.1, 0.15) is 6.54 Å². The Bertz CT molecular complexity index is 658. The maximum Gasteiger partial charge on any atom is 0.323 e. The molecule has 5 nitrogen and oxygen atoms in total. The minimum atomic E-state index is -1.03. The van der Waals surface area contributed by atoms with Crippen molar-refractivity contribution in [3.63, 3.8) is 0 Å². The van der Waals surface area contributed by atoms with Gasteiger partial charge < -0.3 is 15.0 Å². The van der Waals surface area contributed by atoms with Crippen LogP contribution in [-0.2, 0) is 4.79 Å². The number of benzene rings is 1. The Morgan fingerprint density at radius 2 is 2.00 bits per heavy atom. The highest BCUT2D eigenvalue weighted by Gasteiger charge is 2.18. The second kappa shape index (κ2) is 4.76. The smallest absolute Gasteiger partial charge is 0.323 e. The van der Waals surface area contributed by atoms with Gasteiger partial charge in [-0.2, -0.15) is 0 Å². The molecule has 5 heteroatoms. The number of aryl methyl sites for hydroxylation is 2. The number of carboxylic acid groups (broad SMARTS) is 1. The highest BCUT2D eigenvalue weighted by molar-refractivity contribution is 6.07. The molecule has 2 rings (SSSR count). The Morgan fingerprint density at radius 3 is 2.63 bits per heavy atom. The van der Waals surface area contributed by atoms with Crippen molar-refractivity contribution in [1.29, 1.82) is 0 Å². The van der Waals surface area contributed by atoms with Crippen LogP contribution in [0, 0.1) is 13.8 Å². The van der Waals surface area contributed by atoms with Crippen LogP contribution in [0.5, 0.6) is 0 Å². The summed E-state index contributed by atoms with van der Waals surface area (Å²) in [5.74, 6) is -1.32. The van der Waals surface area contributed by atoms with E-state index >= 15 is 0 Å². The fourth-order valence-electron chi connectivity index (χ4n) is 2.14. The Hall–Kier alpha value is -2.30. The second-order valence-electron chi connectivity index (χ2n) is 4.66. The summed E-state index contributed by atoms with van der Waals surface area (Å²) >= 11 is 0. The van der Waals surface area contributed by atoms with Crippen molar-refractivity contribution in [2.45, 2.75) is 13.8 Å². The van der Waals surface area contributed by atoms with Gasteiger partial charge in [0.25, 0.3) is 5.91 Å². The normalized spacial score (nSPS) is 10.7. The van der Waals surface area contributed by atoms with Crippen LogP contribution < -0.4 is 0 Å². The fourth-order valence-corrected chi connectivity index (χ4v) is 2.14. The highest BCUT2D eigenvalue weighted by Crippen LogP contribution is 2.24. The topological polar surface area (TPSA) is 73.4 Å². The number of nitrogens with zero attached hydrogens (tertiary/aromatic N) is 1. The molecule has 0 aliphatic carbocycles. The predicted molar refractivity (Wildman–Crippen MR) is 72.4 cm³/mol. The summed E-state index contributed by atoms with van der Waals surface area (Å²) in [6.07, 6.45) is 0. The summed E-state index contributed by atoms with van der Waals surface area (Å²) < 4.78 is 0. The number of aromatic nitrogens is 1. The summed E-state index contributed by atoms with van der Waals surface area (Å²) in [6, 6.07) is 5.46. The van der Waals surface area contributed by atoms with E-state index in [9.17, 15) is 9.59 Å². The maximum atomic E-state index is 12.3. The summed E-state index contributed by atoms with van der Waals surface area (Å²) in [5.41, 5.74) is 3.37. The van der Waals surface area contributed by atoms with E-state index in [1.54, 1.807) is 6.07 Å². The zero-order valence-electron chi connectivity index (χ0n) is 11.2. The van der Waals surface area contributed by atoms with Crippen LogP contribution in [0.15, 0.2) is 18.2 Å². The van der Waals surface area contributed by atoms with Gasteiger partial charge in [-0.25, -0.2) is 0 Å². The Morgan fingerprint density at radius 1 is 1.32 bits per heavy atom. The number of carbonyl (C=O) groups excluding carboxylic acids is 1. The van der Waals surface area contributed by atoms with E-state index in [1.807, 2.05) is 26.0 Å². The lowest BCUT2D eigenvalue weighted by molar-refractivity contribution is -0.137. The van der Waals surface area contributed by atoms with Crippen LogP contribution in [0.3, 0.4) is 0 Å². The number of aliphatic carboxylic acids is 1. The molecule has 0 saturated carbocycles. The molecule has 2 aromatic rings. The van der Waals surface area contributed by atoms with E-state index in [-0.39, 0.29) is 12.5 Å². The number of carboxylic acids is 1. The van der Waals surface area contributed by atoms with Gasteiger partial charge in [-0.3, -0.25) is 9.59 Å². The first-order valence-electron chi connectivity index (χ1n) is 5.97. The Kier molecular flexibility index (Phi) is 3.29. The molecule has 1 aromatic heterocycles. The average molecular weight is 260 g/mol. The quantitative estimate of drug-likeness (QED) is 0.885. The van der Waals surface area contributed by atoms with Crippen LogP contribution in [0.1, 0.15) is 21.6 Å². The summed E-state index contributed by atoms with van der Waals surface area (Å²) in [5, 5.41) is 9.73. The molecule has 100 valence electrons. The van der Waals surface area contributed by atoms with Crippen LogP contribution in [0.25, 0.3) is 10.9 Å². The molecule has 1 aromatic carbocycles. The molecule has 1 amide bonds. The highest BCUT2D eigenvalue weighted by atomic mass is 16.4. The number of carbonyl (C=O) groups is 2. The monoisotopic (exact) mass is 260 g/mol. The van der Waals surface area contributed by atoms with Crippen molar-refractivity contribution in [3.05, 3.63) is 35.0 Å². The van der Waals surface area contributed by atoms with Crippen molar-refractivity contribution in [1.82, 2.24) is 9.88 Å². The van der Waals surface area contributed by atoms with Crippen LogP contribution in [-0.4, -0.2) is 40.5 Å². The number of hydrogen-bond donors (Lipinski definition) is 2. The molecule has 2 N–H and O–H groups in total. The molecule has 0 unspecified atom stereocenters. The lowest BCUT2D eigenvalue weighted by atomic mass is 10.1. The number of nitrogens with one attached hydrogen (secondary N) is 1. The predicted octanol–water partition coefficient (Wildman–Crippen LogP) is 1.94. The van der Waals surface area contributed by atoms with Gasteiger partial charge in [0.15, 0.2) is 0 Å². The largest absolute Gasteiger partial charge is 0.480 e. The SMILES string of the molecule is Cc1[nH]c2c(C(=O)N(C)CC(=O)O)cccc2c1C. The molecular weight excluding hydrogens is 244 g/mol. The van der Waals surface area contributed by atoms with Crippen molar-refractivity contribution in [2.24, 2.45) is 0 Å². The number of para-hydroxylation sites is 1. The first kappa shape index (κ1) is 13.1. The lowest BCUT2D eigenvalue weighted by Gasteiger charge is -2.15. The molecule has 0 spiro atoms. The molecular formula is C14H16N2O3. The molecule has 0 bridgehead atoms. The summed E-state index contributed by atoms with van der Waals surface area (Å²) in [7, 11) is 1.48. The lowest BCUT2D eigenvalue weighted by Crippen LogP contribution is -2.32. The van der Waals surface area contributed by atoms with E-state index in [0.29, 0.717) is 5.56 Å². The van der Waals surface area contributed by atoms with Gasteiger partial charge >= 0.3 is 5.97 Å². The minimum Gasteiger partial charge on any atom is -0.480 e. The van der Waals surface area contributed by atoms with Gasteiger partial charge in [-0.15, -0.1) is 0 Å². The molecule has 0 aliphatic heterocycles.